The Bertz CT molecular complexity index is 414. The average Bonchev–Trinajstić information content (AvgIpc) is 2.29. The minimum absolute atomic E-state index is 0.137. The Morgan fingerprint density at radius 3 is 2.94 bits per heavy atom. The van der Waals surface area contributed by atoms with E-state index < -0.39 is 5.60 Å². The first-order chi connectivity index (χ1) is 8.49. The highest BCUT2D eigenvalue weighted by Gasteiger charge is 2.29. The maximum absolute atomic E-state index is 13.1. The normalized spacial score (nSPS) is 23.7. The third-order valence-electron chi connectivity index (χ3n) is 3.41. The highest BCUT2D eigenvalue weighted by atomic mass is 19.1. The molecule has 1 saturated heterocycles. The van der Waals surface area contributed by atoms with Gasteiger partial charge in [-0.2, -0.15) is 0 Å². The van der Waals surface area contributed by atoms with Gasteiger partial charge in [-0.15, -0.1) is 0 Å². The molecule has 0 aliphatic carbocycles. The SMILES string of the molecule is Cc1cc(F)ccc1C(C)(O)CC1COCCN1. The first-order valence-electron chi connectivity index (χ1n) is 6.29. The Morgan fingerprint density at radius 1 is 1.56 bits per heavy atom. The number of aryl methyl sites for hydroxylation is 1. The molecular weight excluding hydrogens is 233 g/mol. The zero-order chi connectivity index (χ0) is 13.2. The van der Waals surface area contributed by atoms with Gasteiger partial charge in [0.05, 0.1) is 18.8 Å². The first kappa shape index (κ1) is 13.5. The molecule has 2 atom stereocenters. The molecule has 0 amide bonds. The second-order valence-corrected chi connectivity index (χ2v) is 5.16. The highest BCUT2D eigenvalue weighted by molar-refractivity contribution is 5.31. The van der Waals surface area contributed by atoms with Crippen LogP contribution in [-0.4, -0.2) is 30.9 Å². The van der Waals surface area contributed by atoms with Gasteiger partial charge in [0, 0.05) is 12.6 Å². The van der Waals surface area contributed by atoms with Crippen LogP contribution >= 0.6 is 0 Å². The summed E-state index contributed by atoms with van der Waals surface area (Å²) in [6.07, 6.45) is 0.555. The second-order valence-electron chi connectivity index (χ2n) is 5.16. The van der Waals surface area contributed by atoms with Crippen LogP contribution in [0.15, 0.2) is 18.2 Å². The number of rotatable bonds is 3. The number of ether oxygens (including phenoxy) is 1. The van der Waals surface area contributed by atoms with Gasteiger partial charge >= 0.3 is 0 Å². The number of halogens is 1. The number of nitrogens with one attached hydrogen (secondary N) is 1. The van der Waals surface area contributed by atoms with Crippen molar-refractivity contribution in [2.75, 3.05) is 19.8 Å². The van der Waals surface area contributed by atoms with E-state index in [1.165, 1.54) is 12.1 Å². The van der Waals surface area contributed by atoms with E-state index in [4.69, 9.17) is 4.74 Å². The van der Waals surface area contributed by atoms with Gasteiger partial charge in [0.25, 0.3) is 0 Å². The molecule has 1 aromatic rings. The summed E-state index contributed by atoms with van der Waals surface area (Å²) in [5, 5.41) is 13.9. The predicted molar refractivity (Wildman–Crippen MR) is 67.9 cm³/mol. The van der Waals surface area contributed by atoms with Gasteiger partial charge < -0.3 is 15.2 Å². The van der Waals surface area contributed by atoms with E-state index in [0.29, 0.717) is 19.6 Å². The van der Waals surface area contributed by atoms with Crippen molar-refractivity contribution in [2.24, 2.45) is 0 Å². The van der Waals surface area contributed by atoms with Crippen molar-refractivity contribution in [1.82, 2.24) is 5.32 Å². The van der Waals surface area contributed by atoms with Gasteiger partial charge in [0.1, 0.15) is 5.82 Å². The molecule has 0 saturated carbocycles. The molecule has 1 aliphatic rings. The maximum Gasteiger partial charge on any atom is 0.123 e. The molecule has 4 heteroatoms. The van der Waals surface area contributed by atoms with Crippen molar-refractivity contribution in [1.29, 1.82) is 0 Å². The molecule has 1 aromatic carbocycles. The van der Waals surface area contributed by atoms with Crippen molar-refractivity contribution >= 4 is 0 Å². The second kappa shape index (κ2) is 5.34. The van der Waals surface area contributed by atoms with Crippen molar-refractivity contribution < 1.29 is 14.2 Å². The molecule has 100 valence electrons. The molecule has 1 fully saturated rings. The van der Waals surface area contributed by atoms with E-state index in [2.05, 4.69) is 5.32 Å². The molecular formula is C14H20FNO2. The van der Waals surface area contributed by atoms with Crippen LogP contribution in [0.2, 0.25) is 0 Å². The first-order valence-corrected chi connectivity index (χ1v) is 6.29. The lowest BCUT2D eigenvalue weighted by Crippen LogP contribution is -2.45. The van der Waals surface area contributed by atoms with Crippen LogP contribution in [0.4, 0.5) is 4.39 Å². The van der Waals surface area contributed by atoms with E-state index in [0.717, 1.165) is 17.7 Å². The third kappa shape index (κ3) is 3.07. The zero-order valence-electron chi connectivity index (χ0n) is 10.9. The van der Waals surface area contributed by atoms with Crippen LogP contribution in [0.5, 0.6) is 0 Å². The van der Waals surface area contributed by atoms with E-state index in [1.807, 2.05) is 6.92 Å². The third-order valence-corrected chi connectivity index (χ3v) is 3.41. The van der Waals surface area contributed by atoms with Gasteiger partial charge in [-0.3, -0.25) is 0 Å². The summed E-state index contributed by atoms with van der Waals surface area (Å²) >= 11 is 0. The van der Waals surface area contributed by atoms with Crippen LogP contribution in [0.1, 0.15) is 24.5 Å². The van der Waals surface area contributed by atoms with Crippen molar-refractivity contribution in [3.63, 3.8) is 0 Å². The molecule has 0 aromatic heterocycles. The van der Waals surface area contributed by atoms with Crippen molar-refractivity contribution in [3.8, 4) is 0 Å². The monoisotopic (exact) mass is 253 g/mol. The fourth-order valence-corrected chi connectivity index (χ4v) is 2.57. The minimum Gasteiger partial charge on any atom is -0.385 e. The van der Waals surface area contributed by atoms with Crippen molar-refractivity contribution in [2.45, 2.75) is 31.9 Å². The smallest absolute Gasteiger partial charge is 0.123 e. The molecule has 2 rings (SSSR count). The van der Waals surface area contributed by atoms with Crippen LogP contribution in [0, 0.1) is 12.7 Å². The molecule has 1 aliphatic heterocycles. The molecule has 0 bridgehead atoms. The summed E-state index contributed by atoms with van der Waals surface area (Å²) in [7, 11) is 0. The fourth-order valence-electron chi connectivity index (χ4n) is 2.57. The number of hydrogen-bond donors (Lipinski definition) is 2. The summed E-state index contributed by atoms with van der Waals surface area (Å²) in [5.74, 6) is -0.272. The van der Waals surface area contributed by atoms with Crippen LogP contribution in [-0.2, 0) is 10.3 Å². The topological polar surface area (TPSA) is 41.5 Å². The van der Waals surface area contributed by atoms with E-state index >= 15 is 0 Å². The minimum atomic E-state index is -0.976. The molecule has 2 unspecified atom stereocenters. The summed E-state index contributed by atoms with van der Waals surface area (Å²) < 4.78 is 18.5. The highest BCUT2D eigenvalue weighted by Crippen LogP contribution is 2.29. The Labute approximate surface area is 107 Å². The lowest BCUT2D eigenvalue weighted by molar-refractivity contribution is 0.00282. The lowest BCUT2D eigenvalue weighted by atomic mass is 9.86. The van der Waals surface area contributed by atoms with Crippen LogP contribution in [0.3, 0.4) is 0 Å². The predicted octanol–water partition coefficient (Wildman–Crippen LogP) is 1.72. The van der Waals surface area contributed by atoms with Crippen LogP contribution < -0.4 is 5.32 Å². The van der Waals surface area contributed by atoms with Crippen LogP contribution in [0.25, 0.3) is 0 Å². The summed E-state index contributed by atoms with van der Waals surface area (Å²) in [6, 6.07) is 4.64. The Hall–Kier alpha value is -0.970. The summed E-state index contributed by atoms with van der Waals surface area (Å²) in [4.78, 5) is 0. The largest absolute Gasteiger partial charge is 0.385 e. The molecule has 1 heterocycles. The average molecular weight is 253 g/mol. The summed E-state index contributed by atoms with van der Waals surface area (Å²) in [5.41, 5.74) is 0.573. The Balaban J connectivity index is 2.13. The maximum atomic E-state index is 13.1. The van der Waals surface area contributed by atoms with Gasteiger partial charge in [-0.1, -0.05) is 6.07 Å². The molecule has 2 N–H and O–H groups in total. The quantitative estimate of drug-likeness (QED) is 0.862. The van der Waals surface area contributed by atoms with E-state index in [1.54, 1.807) is 13.0 Å². The standard InChI is InChI=1S/C14H20FNO2/c1-10-7-11(15)3-4-13(10)14(2,17)8-12-9-18-6-5-16-12/h3-4,7,12,16-17H,5-6,8-9H2,1-2H3. The Morgan fingerprint density at radius 2 is 2.33 bits per heavy atom. The van der Waals surface area contributed by atoms with E-state index in [-0.39, 0.29) is 11.9 Å². The number of benzene rings is 1. The number of morpholine rings is 1. The molecule has 0 radical (unpaired) electrons. The molecule has 0 spiro atoms. The number of hydrogen-bond acceptors (Lipinski definition) is 3. The Kier molecular flexibility index (Phi) is 4.00. The fraction of sp³-hybridized carbons (Fsp3) is 0.571. The lowest BCUT2D eigenvalue weighted by Gasteiger charge is -2.32. The van der Waals surface area contributed by atoms with Gasteiger partial charge in [0.2, 0.25) is 0 Å². The van der Waals surface area contributed by atoms with E-state index in [9.17, 15) is 9.50 Å². The van der Waals surface area contributed by atoms with Gasteiger partial charge in [-0.05, 0) is 43.5 Å². The molecule has 3 nitrogen and oxygen atoms in total. The van der Waals surface area contributed by atoms with Gasteiger partial charge in [0.15, 0.2) is 0 Å². The summed E-state index contributed by atoms with van der Waals surface area (Å²) in [6.45, 7) is 5.72. The molecule has 18 heavy (non-hydrogen) atoms. The number of aliphatic hydroxyl groups is 1. The van der Waals surface area contributed by atoms with Gasteiger partial charge in [-0.25, -0.2) is 4.39 Å². The zero-order valence-corrected chi connectivity index (χ0v) is 10.9. The van der Waals surface area contributed by atoms with Crippen molar-refractivity contribution in [3.05, 3.63) is 35.1 Å².